The second-order valence-corrected chi connectivity index (χ2v) is 8.78. The first kappa shape index (κ1) is 23.7. The summed E-state index contributed by atoms with van der Waals surface area (Å²) in [5.74, 6) is -1.73. The Bertz CT molecular complexity index is 1220. The number of amides is 2. The van der Waals surface area contributed by atoms with Gasteiger partial charge in [0, 0.05) is 22.1 Å². The van der Waals surface area contributed by atoms with Crippen LogP contribution in [0.25, 0.3) is 11.1 Å². The number of aliphatic carboxylic acids is 1. The van der Waals surface area contributed by atoms with Crippen molar-refractivity contribution in [2.75, 3.05) is 25.6 Å². The fourth-order valence-corrected chi connectivity index (χ4v) is 4.54. The van der Waals surface area contributed by atoms with Crippen LogP contribution in [0.4, 0.5) is 10.5 Å². The Balaban J connectivity index is 1.39. The number of ether oxygens (including phenoxy) is 1. The third-order valence-electron chi connectivity index (χ3n) is 5.46. The standard InChI is InChI=1S/C25H21IN2O6/c1-28(34-14-23(29)30)24(31)15-10-11-22(21(26)12-15)27-25(32)33-13-20-18-8-4-2-6-16(18)17-7-3-5-9-19(17)20/h2-12,20H,13-14H2,1H3,(H,27,32)(H,29,30). The smallest absolute Gasteiger partial charge is 0.411 e. The van der Waals surface area contributed by atoms with Crippen molar-refractivity contribution in [1.82, 2.24) is 5.06 Å². The van der Waals surface area contributed by atoms with Gasteiger partial charge >= 0.3 is 12.1 Å². The molecule has 0 fully saturated rings. The topological polar surface area (TPSA) is 105 Å². The van der Waals surface area contributed by atoms with Crippen LogP contribution in [0.2, 0.25) is 0 Å². The molecule has 0 saturated carbocycles. The summed E-state index contributed by atoms with van der Waals surface area (Å²) in [6.07, 6.45) is -0.597. The molecule has 9 heteroatoms. The molecule has 1 aliphatic rings. The zero-order valence-corrected chi connectivity index (χ0v) is 20.3. The normalized spacial score (nSPS) is 11.9. The molecule has 0 saturated heterocycles. The first-order valence-electron chi connectivity index (χ1n) is 10.4. The number of nitrogens with one attached hydrogen (secondary N) is 1. The van der Waals surface area contributed by atoms with Gasteiger partial charge in [-0.3, -0.25) is 14.9 Å². The molecular formula is C25H21IN2O6. The number of carbonyl (C=O) groups excluding carboxylic acids is 2. The van der Waals surface area contributed by atoms with Crippen molar-refractivity contribution in [3.05, 3.63) is 87.0 Å². The van der Waals surface area contributed by atoms with Crippen LogP contribution in [0.3, 0.4) is 0 Å². The quantitative estimate of drug-likeness (QED) is 0.313. The number of carbonyl (C=O) groups is 3. The Morgan fingerprint density at radius 2 is 1.62 bits per heavy atom. The van der Waals surface area contributed by atoms with Gasteiger partial charge < -0.3 is 9.84 Å². The van der Waals surface area contributed by atoms with Crippen LogP contribution in [-0.2, 0) is 14.4 Å². The maximum absolute atomic E-state index is 12.5. The van der Waals surface area contributed by atoms with Crippen LogP contribution in [-0.4, -0.2) is 48.4 Å². The summed E-state index contributed by atoms with van der Waals surface area (Å²) >= 11 is 2.00. The highest BCUT2D eigenvalue weighted by Crippen LogP contribution is 2.44. The van der Waals surface area contributed by atoms with Gasteiger partial charge in [0.25, 0.3) is 5.91 Å². The van der Waals surface area contributed by atoms with Crippen molar-refractivity contribution in [3.63, 3.8) is 0 Å². The largest absolute Gasteiger partial charge is 0.479 e. The van der Waals surface area contributed by atoms with E-state index in [1.165, 1.54) is 13.1 Å². The lowest BCUT2D eigenvalue weighted by molar-refractivity contribution is -0.159. The van der Waals surface area contributed by atoms with E-state index in [9.17, 15) is 14.4 Å². The van der Waals surface area contributed by atoms with Gasteiger partial charge in [-0.15, -0.1) is 0 Å². The second-order valence-electron chi connectivity index (χ2n) is 7.61. The summed E-state index contributed by atoms with van der Waals surface area (Å²) in [5, 5.41) is 12.2. The Kier molecular flexibility index (Phi) is 7.13. The molecule has 0 aromatic heterocycles. The van der Waals surface area contributed by atoms with Crippen molar-refractivity contribution in [1.29, 1.82) is 0 Å². The van der Waals surface area contributed by atoms with Crippen molar-refractivity contribution in [3.8, 4) is 11.1 Å². The molecule has 174 valence electrons. The molecule has 4 rings (SSSR count). The van der Waals surface area contributed by atoms with Crippen LogP contribution < -0.4 is 5.32 Å². The van der Waals surface area contributed by atoms with E-state index in [0.717, 1.165) is 27.3 Å². The maximum atomic E-state index is 12.5. The first-order valence-corrected chi connectivity index (χ1v) is 11.5. The van der Waals surface area contributed by atoms with E-state index in [1.807, 2.05) is 46.9 Å². The lowest BCUT2D eigenvalue weighted by atomic mass is 9.98. The number of fused-ring (bicyclic) bond motifs is 3. The lowest BCUT2D eigenvalue weighted by Crippen LogP contribution is -2.29. The molecule has 2 N–H and O–H groups in total. The number of anilines is 1. The van der Waals surface area contributed by atoms with Gasteiger partial charge in [-0.2, -0.15) is 0 Å². The average Bonchev–Trinajstić information content (AvgIpc) is 3.15. The molecule has 0 atom stereocenters. The minimum atomic E-state index is -1.18. The fraction of sp³-hybridized carbons (Fsp3) is 0.160. The molecule has 3 aromatic rings. The number of rotatable bonds is 7. The van der Waals surface area contributed by atoms with Gasteiger partial charge in [0.2, 0.25) is 0 Å². The summed E-state index contributed by atoms with van der Waals surface area (Å²) in [6, 6.07) is 20.9. The lowest BCUT2D eigenvalue weighted by Gasteiger charge is -2.17. The molecule has 2 amide bonds. The van der Waals surface area contributed by atoms with Gasteiger partial charge in [0.1, 0.15) is 6.61 Å². The number of hydroxylamine groups is 2. The molecule has 8 nitrogen and oxygen atoms in total. The Labute approximate surface area is 209 Å². The third kappa shape index (κ3) is 5.05. The summed E-state index contributed by atoms with van der Waals surface area (Å²) in [7, 11) is 1.33. The molecular weight excluding hydrogens is 551 g/mol. The summed E-state index contributed by atoms with van der Waals surface area (Å²) < 4.78 is 6.18. The number of halogens is 1. The molecule has 1 aliphatic carbocycles. The van der Waals surface area contributed by atoms with Crippen molar-refractivity contribution in [2.45, 2.75) is 5.92 Å². The van der Waals surface area contributed by atoms with Gasteiger partial charge in [0.05, 0.1) is 5.69 Å². The Morgan fingerprint density at radius 1 is 1.00 bits per heavy atom. The Hall–Kier alpha value is -3.44. The molecule has 0 spiro atoms. The molecule has 0 heterocycles. The highest BCUT2D eigenvalue weighted by Gasteiger charge is 2.29. The van der Waals surface area contributed by atoms with Crippen molar-refractivity contribution < 1.29 is 29.1 Å². The molecule has 0 unspecified atom stereocenters. The van der Waals surface area contributed by atoms with Gasteiger partial charge in [-0.1, -0.05) is 48.5 Å². The number of hydrogen-bond donors (Lipinski definition) is 2. The summed E-state index contributed by atoms with van der Waals surface area (Å²) in [4.78, 5) is 40.4. The predicted molar refractivity (Wildman–Crippen MR) is 134 cm³/mol. The maximum Gasteiger partial charge on any atom is 0.411 e. The predicted octanol–water partition coefficient (Wildman–Crippen LogP) is 4.74. The van der Waals surface area contributed by atoms with E-state index in [-0.39, 0.29) is 18.1 Å². The monoisotopic (exact) mass is 572 g/mol. The van der Waals surface area contributed by atoms with Crippen LogP contribution in [0.1, 0.15) is 27.4 Å². The van der Waals surface area contributed by atoms with Gasteiger partial charge in [-0.25, -0.2) is 14.7 Å². The number of benzene rings is 3. The van der Waals surface area contributed by atoms with Gasteiger partial charge in [-0.05, 0) is 63.0 Å². The Morgan fingerprint density at radius 3 is 2.21 bits per heavy atom. The zero-order chi connectivity index (χ0) is 24.2. The van der Waals surface area contributed by atoms with E-state index in [4.69, 9.17) is 14.7 Å². The number of nitrogens with zero attached hydrogens (tertiary/aromatic N) is 1. The van der Waals surface area contributed by atoms with Crippen LogP contribution in [0, 0.1) is 3.57 Å². The average molecular weight is 572 g/mol. The van der Waals surface area contributed by atoms with E-state index in [0.29, 0.717) is 9.26 Å². The highest BCUT2D eigenvalue weighted by molar-refractivity contribution is 14.1. The molecule has 0 radical (unpaired) electrons. The van der Waals surface area contributed by atoms with Crippen LogP contribution in [0.5, 0.6) is 0 Å². The molecule has 34 heavy (non-hydrogen) atoms. The minimum Gasteiger partial charge on any atom is -0.479 e. The number of carboxylic acids is 1. The summed E-state index contributed by atoms with van der Waals surface area (Å²) in [6.45, 7) is -0.431. The third-order valence-corrected chi connectivity index (χ3v) is 6.36. The number of carboxylic acid groups (broad SMARTS) is 1. The van der Waals surface area contributed by atoms with E-state index < -0.39 is 24.6 Å². The molecule has 0 bridgehead atoms. The molecule has 0 aliphatic heterocycles. The molecule has 3 aromatic carbocycles. The van der Waals surface area contributed by atoms with E-state index >= 15 is 0 Å². The fourth-order valence-electron chi connectivity index (χ4n) is 3.89. The van der Waals surface area contributed by atoms with E-state index in [2.05, 4.69) is 29.6 Å². The second kappa shape index (κ2) is 10.2. The van der Waals surface area contributed by atoms with Crippen molar-refractivity contribution in [2.24, 2.45) is 0 Å². The highest BCUT2D eigenvalue weighted by atomic mass is 127. The SMILES string of the molecule is CN(OCC(=O)O)C(=O)c1ccc(NC(=O)OCC2c3ccccc3-c3ccccc32)c(I)c1. The summed E-state index contributed by atoms with van der Waals surface area (Å²) in [5.41, 5.74) is 5.34. The van der Waals surface area contributed by atoms with E-state index in [1.54, 1.807) is 12.1 Å². The number of hydrogen-bond acceptors (Lipinski definition) is 5. The van der Waals surface area contributed by atoms with Gasteiger partial charge in [0.15, 0.2) is 6.61 Å². The van der Waals surface area contributed by atoms with Crippen LogP contribution in [0.15, 0.2) is 66.7 Å². The van der Waals surface area contributed by atoms with Crippen molar-refractivity contribution >= 4 is 46.2 Å². The van der Waals surface area contributed by atoms with Crippen LogP contribution >= 0.6 is 22.6 Å². The zero-order valence-electron chi connectivity index (χ0n) is 18.2. The minimum absolute atomic E-state index is 0.0430. The first-order chi connectivity index (χ1) is 16.3.